The standard InChI is InChI=1S/C21H21NO4/c1-4-16-14(3)17-10-9-15(11-19(17)26-21(16)24)25-12-20(23)22-18-8-6-5-7-13(18)2/h5-11H,4,12H2,1-3H3,(H,22,23). The van der Waals surface area contributed by atoms with E-state index in [1.165, 1.54) is 0 Å². The quantitative estimate of drug-likeness (QED) is 0.706. The van der Waals surface area contributed by atoms with E-state index in [1.54, 1.807) is 12.1 Å². The summed E-state index contributed by atoms with van der Waals surface area (Å²) in [5.41, 5.74) is 3.48. The summed E-state index contributed by atoms with van der Waals surface area (Å²) in [4.78, 5) is 24.1. The van der Waals surface area contributed by atoms with E-state index in [0.29, 0.717) is 23.3 Å². The zero-order valence-corrected chi connectivity index (χ0v) is 15.1. The van der Waals surface area contributed by atoms with Crippen LogP contribution in [0, 0.1) is 13.8 Å². The molecule has 0 unspecified atom stereocenters. The molecule has 134 valence electrons. The molecule has 5 heteroatoms. The highest BCUT2D eigenvalue weighted by Crippen LogP contribution is 2.24. The van der Waals surface area contributed by atoms with E-state index in [2.05, 4.69) is 5.32 Å². The van der Waals surface area contributed by atoms with Gasteiger partial charge in [0.1, 0.15) is 11.3 Å². The molecule has 1 heterocycles. The van der Waals surface area contributed by atoms with Crippen molar-refractivity contribution in [1.29, 1.82) is 0 Å². The van der Waals surface area contributed by atoms with E-state index in [9.17, 15) is 9.59 Å². The summed E-state index contributed by atoms with van der Waals surface area (Å²) in [7, 11) is 0. The molecule has 3 aromatic rings. The summed E-state index contributed by atoms with van der Waals surface area (Å²) in [6, 6.07) is 12.8. The van der Waals surface area contributed by atoms with Crippen LogP contribution in [0.15, 0.2) is 51.7 Å². The third-order valence-corrected chi connectivity index (χ3v) is 4.40. The summed E-state index contributed by atoms with van der Waals surface area (Å²) in [5, 5.41) is 3.69. The van der Waals surface area contributed by atoms with Gasteiger partial charge in [-0.25, -0.2) is 4.79 Å². The fraction of sp³-hybridized carbons (Fsp3) is 0.238. The van der Waals surface area contributed by atoms with Crippen molar-refractivity contribution >= 4 is 22.6 Å². The highest BCUT2D eigenvalue weighted by Gasteiger charge is 2.11. The molecule has 0 spiro atoms. The fourth-order valence-corrected chi connectivity index (χ4v) is 2.92. The molecule has 0 aliphatic rings. The Morgan fingerprint density at radius 1 is 1.15 bits per heavy atom. The van der Waals surface area contributed by atoms with Crippen LogP contribution < -0.4 is 15.7 Å². The van der Waals surface area contributed by atoms with Gasteiger partial charge in [-0.3, -0.25) is 4.79 Å². The summed E-state index contributed by atoms with van der Waals surface area (Å²) in [6.07, 6.45) is 0.626. The molecular formula is C21H21NO4. The van der Waals surface area contributed by atoms with Gasteiger partial charge in [0.15, 0.2) is 6.61 Å². The molecule has 0 saturated heterocycles. The first-order chi connectivity index (χ1) is 12.5. The Hall–Kier alpha value is -3.08. The van der Waals surface area contributed by atoms with Crippen LogP contribution in [0.5, 0.6) is 5.75 Å². The number of para-hydroxylation sites is 1. The minimum absolute atomic E-state index is 0.129. The number of carbonyl (C=O) groups excluding carboxylic acids is 1. The van der Waals surface area contributed by atoms with Gasteiger partial charge in [0.05, 0.1) is 0 Å². The Balaban J connectivity index is 1.74. The Morgan fingerprint density at radius 2 is 1.92 bits per heavy atom. The second kappa shape index (κ2) is 7.44. The van der Waals surface area contributed by atoms with Gasteiger partial charge in [0.25, 0.3) is 5.91 Å². The van der Waals surface area contributed by atoms with Gasteiger partial charge in [-0.05, 0) is 49.6 Å². The lowest BCUT2D eigenvalue weighted by molar-refractivity contribution is -0.118. The Morgan fingerprint density at radius 3 is 2.65 bits per heavy atom. The first kappa shape index (κ1) is 17.7. The van der Waals surface area contributed by atoms with E-state index in [1.807, 2.05) is 51.1 Å². The molecule has 3 rings (SSSR count). The van der Waals surface area contributed by atoms with Gasteiger partial charge in [-0.1, -0.05) is 25.1 Å². The molecule has 1 aromatic heterocycles. The van der Waals surface area contributed by atoms with Crippen molar-refractivity contribution in [3.05, 3.63) is 69.6 Å². The summed E-state index contributed by atoms with van der Waals surface area (Å²) < 4.78 is 10.9. The van der Waals surface area contributed by atoms with Gasteiger partial charge < -0.3 is 14.5 Å². The molecule has 1 amide bonds. The first-order valence-electron chi connectivity index (χ1n) is 8.54. The van der Waals surface area contributed by atoms with Crippen LogP contribution in [0.25, 0.3) is 11.0 Å². The van der Waals surface area contributed by atoms with E-state index >= 15 is 0 Å². The van der Waals surface area contributed by atoms with E-state index in [4.69, 9.17) is 9.15 Å². The lowest BCUT2D eigenvalue weighted by atomic mass is 10.0. The molecule has 0 bridgehead atoms. The Kier molecular flexibility index (Phi) is 5.07. The molecule has 0 saturated carbocycles. The van der Waals surface area contributed by atoms with Crippen molar-refractivity contribution in [3.63, 3.8) is 0 Å². The lowest BCUT2D eigenvalue weighted by Crippen LogP contribution is -2.20. The van der Waals surface area contributed by atoms with Gasteiger partial charge in [0.2, 0.25) is 0 Å². The van der Waals surface area contributed by atoms with Crippen LogP contribution in [-0.4, -0.2) is 12.5 Å². The second-order valence-corrected chi connectivity index (χ2v) is 6.16. The highest BCUT2D eigenvalue weighted by molar-refractivity contribution is 5.92. The normalized spacial score (nSPS) is 10.7. The summed E-state index contributed by atoms with van der Waals surface area (Å²) >= 11 is 0. The van der Waals surface area contributed by atoms with Crippen molar-refractivity contribution < 1.29 is 13.9 Å². The first-order valence-corrected chi connectivity index (χ1v) is 8.54. The van der Waals surface area contributed by atoms with Crippen LogP contribution in [0.1, 0.15) is 23.6 Å². The maximum absolute atomic E-state index is 12.1. The van der Waals surface area contributed by atoms with Gasteiger partial charge >= 0.3 is 5.63 Å². The molecular weight excluding hydrogens is 330 g/mol. The molecule has 0 aliphatic carbocycles. The molecule has 0 atom stereocenters. The zero-order chi connectivity index (χ0) is 18.7. The minimum atomic E-state index is -0.327. The zero-order valence-electron chi connectivity index (χ0n) is 15.1. The van der Waals surface area contributed by atoms with E-state index in [-0.39, 0.29) is 18.1 Å². The molecule has 0 fully saturated rings. The van der Waals surface area contributed by atoms with Crippen molar-refractivity contribution in [2.75, 3.05) is 11.9 Å². The largest absolute Gasteiger partial charge is 0.484 e. The third kappa shape index (κ3) is 3.61. The van der Waals surface area contributed by atoms with E-state index in [0.717, 1.165) is 22.2 Å². The average Bonchev–Trinajstić information content (AvgIpc) is 2.62. The molecule has 0 radical (unpaired) electrons. The van der Waals surface area contributed by atoms with Crippen molar-refractivity contribution in [2.24, 2.45) is 0 Å². The predicted octanol–water partition coefficient (Wildman–Crippen LogP) is 3.99. The van der Waals surface area contributed by atoms with Crippen LogP contribution in [0.2, 0.25) is 0 Å². The molecule has 26 heavy (non-hydrogen) atoms. The number of hydrogen-bond donors (Lipinski definition) is 1. The number of anilines is 1. The molecule has 2 aromatic carbocycles. The number of rotatable bonds is 5. The van der Waals surface area contributed by atoms with Gasteiger partial charge in [0, 0.05) is 22.7 Å². The number of ether oxygens (including phenoxy) is 1. The predicted molar refractivity (Wildman–Crippen MR) is 102 cm³/mol. The second-order valence-electron chi connectivity index (χ2n) is 6.16. The minimum Gasteiger partial charge on any atom is -0.484 e. The number of nitrogens with one attached hydrogen (secondary N) is 1. The van der Waals surface area contributed by atoms with Crippen molar-refractivity contribution in [1.82, 2.24) is 0 Å². The number of amides is 1. The van der Waals surface area contributed by atoms with Gasteiger partial charge in [-0.2, -0.15) is 0 Å². The number of benzene rings is 2. The maximum atomic E-state index is 12.1. The summed E-state index contributed by atoms with van der Waals surface area (Å²) in [6.45, 7) is 5.63. The maximum Gasteiger partial charge on any atom is 0.339 e. The number of aryl methyl sites for hydroxylation is 2. The smallest absolute Gasteiger partial charge is 0.339 e. The number of carbonyl (C=O) groups is 1. The van der Waals surface area contributed by atoms with Crippen LogP contribution in [0.4, 0.5) is 5.69 Å². The van der Waals surface area contributed by atoms with Crippen molar-refractivity contribution in [3.8, 4) is 5.75 Å². The molecule has 0 aliphatic heterocycles. The van der Waals surface area contributed by atoms with Crippen molar-refractivity contribution in [2.45, 2.75) is 27.2 Å². The lowest BCUT2D eigenvalue weighted by Gasteiger charge is -2.10. The Labute approximate surface area is 151 Å². The SMILES string of the molecule is CCc1c(C)c2ccc(OCC(=O)Nc3ccccc3C)cc2oc1=O. The van der Waals surface area contributed by atoms with Crippen LogP contribution in [0.3, 0.4) is 0 Å². The Bertz CT molecular complexity index is 1020. The van der Waals surface area contributed by atoms with E-state index < -0.39 is 0 Å². The van der Waals surface area contributed by atoms with Crippen LogP contribution in [-0.2, 0) is 11.2 Å². The average molecular weight is 351 g/mol. The highest BCUT2D eigenvalue weighted by atomic mass is 16.5. The molecule has 5 nitrogen and oxygen atoms in total. The molecule has 1 N–H and O–H groups in total. The monoisotopic (exact) mass is 351 g/mol. The van der Waals surface area contributed by atoms with Gasteiger partial charge in [-0.15, -0.1) is 0 Å². The number of hydrogen-bond acceptors (Lipinski definition) is 4. The van der Waals surface area contributed by atoms with Crippen LogP contribution >= 0.6 is 0 Å². The fourth-order valence-electron chi connectivity index (χ4n) is 2.92. The topological polar surface area (TPSA) is 68.5 Å². The summed E-state index contributed by atoms with van der Waals surface area (Å²) in [5.74, 6) is 0.225. The third-order valence-electron chi connectivity index (χ3n) is 4.40. The number of fused-ring (bicyclic) bond motifs is 1.